The number of nitrogens with zero attached hydrogens (tertiary/aromatic N) is 4. The Kier molecular flexibility index (Phi) is 4.74. The van der Waals surface area contributed by atoms with E-state index in [0.717, 1.165) is 49.4 Å². The van der Waals surface area contributed by atoms with Gasteiger partial charge in [0.2, 0.25) is 0 Å². The molecule has 0 saturated carbocycles. The summed E-state index contributed by atoms with van der Waals surface area (Å²) in [6.07, 6.45) is 0. The van der Waals surface area contributed by atoms with Crippen LogP contribution in [0.5, 0.6) is 0 Å². The van der Waals surface area contributed by atoms with Gasteiger partial charge in [-0.3, -0.25) is 0 Å². The van der Waals surface area contributed by atoms with Gasteiger partial charge < -0.3 is 13.4 Å². The predicted molar refractivity (Wildman–Crippen MR) is 205 cm³/mol. The molecule has 11 aromatic rings. The van der Waals surface area contributed by atoms with E-state index in [1.54, 1.807) is 4.57 Å². The van der Waals surface area contributed by atoms with E-state index in [1.165, 1.54) is 12.1 Å². The SMILES string of the molecule is [2H]c1cc([2H])c2c(c1[2H])c1c([2H])c([2H])cc([2H])c1n2-c1ccc2oc3cc(-c4nc(-c5ccccc5)nc(-c5ccc6c(c5)oc5ccccc56)n4)ccc3c2c1. The molecule has 0 bridgehead atoms. The summed E-state index contributed by atoms with van der Waals surface area (Å²) < 4.78 is 66.1. The minimum absolute atomic E-state index is 0.0153. The first-order chi connectivity index (χ1) is 27.7. The van der Waals surface area contributed by atoms with Gasteiger partial charge in [-0.25, -0.2) is 15.0 Å². The molecule has 6 heteroatoms. The van der Waals surface area contributed by atoms with Gasteiger partial charge in [-0.15, -0.1) is 0 Å². The van der Waals surface area contributed by atoms with Crippen molar-refractivity contribution in [1.82, 2.24) is 19.5 Å². The second-order valence-electron chi connectivity index (χ2n) is 12.4. The number of hydrogen-bond donors (Lipinski definition) is 0. The molecule has 4 aromatic heterocycles. The minimum atomic E-state index is -0.159. The average Bonchev–Trinajstić information content (AvgIpc) is 3.91. The Labute approximate surface area is 299 Å². The van der Waals surface area contributed by atoms with Crippen molar-refractivity contribution < 1.29 is 17.1 Å². The molecule has 4 heterocycles. The van der Waals surface area contributed by atoms with Crippen LogP contribution < -0.4 is 0 Å². The Morgan fingerprint density at radius 3 is 1.63 bits per heavy atom. The maximum absolute atomic E-state index is 8.85. The highest BCUT2D eigenvalue weighted by molar-refractivity contribution is 6.11. The lowest BCUT2D eigenvalue weighted by atomic mass is 10.1. The lowest BCUT2D eigenvalue weighted by molar-refractivity contribution is 0.668. The second-order valence-corrected chi connectivity index (χ2v) is 12.4. The van der Waals surface area contributed by atoms with Crippen LogP contribution in [-0.4, -0.2) is 19.5 Å². The summed E-state index contributed by atoms with van der Waals surface area (Å²) in [7, 11) is 0. The van der Waals surface area contributed by atoms with Gasteiger partial charge in [-0.2, -0.15) is 0 Å². The fourth-order valence-electron chi connectivity index (χ4n) is 7.03. The third kappa shape index (κ3) is 4.33. The Hall–Kier alpha value is -7.05. The molecule has 0 atom stereocenters. The van der Waals surface area contributed by atoms with Crippen LogP contribution in [-0.2, 0) is 0 Å². The number of hydrogen-bond acceptors (Lipinski definition) is 5. The highest BCUT2D eigenvalue weighted by Crippen LogP contribution is 2.37. The number of para-hydroxylation sites is 3. The summed E-state index contributed by atoms with van der Waals surface area (Å²) in [5.74, 6) is 1.47. The predicted octanol–water partition coefficient (Wildman–Crippen LogP) is 11.8. The van der Waals surface area contributed by atoms with Gasteiger partial charge >= 0.3 is 0 Å². The maximum atomic E-state index is 8.85. The van der Waals surface area contributed by atoms with Crippen molar-refractivity contribution in [1.29, 1.82) is 0 Å². The van der Waals surface area contributed by atoms with Crippen LogP contribution in [0.15, 0.2) is 166 Å². The molecular weight excluding hydrogens is 629 g/mol. The molecule has 0 unspecified atom stereocenters. The Morgan fingerprint density at radius 2 is 0.961 bits per heavy atom. The van der Waals surface area contributed by atoms with E-state index >= 15 is 0 Å². The second kappa shape index (κ2) is 10.7. The molecule has 0 amide bonds. The molecule has 0 N–H and O–H groups in total. The summed E-state index contributed by atoms with van der Waals surface area (Å²) in [4.78, 5) is 14.8. The molecule has 0 saturated heterocycles. The summed E-state index contributed by atoms with van der Waals surface area (Å²) in [6.45, 7) is 0. The fraction of sp³-hybridized carbons (Fsp3) is 0. The molecule has 238 valence electrons. The first kappa shape index (κ1) is 22.6. The van der Waals surface area contributed by atoms with Crippen LogP contribution in [0.2, 0.25) is 0 Å². The molecule has 0 aliphatic heterocycles. The van der Waals surface area contributed by atoms with Gasteiger partial charge in [-0.1, -0.05) is 97.0 Å². The van der Waals surface area contributed by atoms with Crippen molar-refractivity contribution in [3.63, 3.8) is 0 Å². The lowest BCUT2D eigenvalue weighted by Crippen LogP contribution is -2.00. The minimum Gasteiger partial charge on any atom is -0.456 e. The van der Waals surface area contributed by atoms with E-state index < -0.39 is 0 Å². The molecular formula is C45H26N4O2. The van der Waals surface area contributed by atoms with E-state index in [1.807, 2.05) is 109 Å². The zero-order valence-electron chi connectivity index (χ0n) is 32.7. The first-order valence-electron chi connectivity index (χ1n) is 19.4. The number of aromatic nitrogens is 4. The standard InChI is InChI=1S/C45H26N4O2/c1-2-10-27(11-3-1)43-46-44(28-18-21-34-33-14-6-9-17-39(33)50-41(34)24-28)48-45(47-43)29-19-22-35-36-26-30(20-23-40(36)51-42(35)25-29)49-37-15-7-4-12-31(37)32-13-5-8-16-38(32)49/h1-26H/i4D,5D,12D,13D,15D,16D. The van der Waals surface area contributed by atoms with E-state index in [-0.39, 0.29) is 47.0 Å². The quantitative estimate of drug-likeness (QED) is 0.188. The van der Waals surface area contributed by atoms with Crippen molar-refractivity contribution in [3.05, 3.63) is 158 Å². The van der Waals surface area contributed by atoms with Crippen LogP contribution >= 0.6 is 0 Å². The van der Waals surface area contributed by atoms with Crippen molar-refractivity contribution in [2.45, 2.75) is 0 Å². The van der Waals surface area contributed by atoms with E-state index in [0.29, 0.717) is 45.4 Å². The summed E-state index contributed by atoms with van der Waals surface area (Å²) in [6, 6.07) is 37.0. The molecule has 0 radical (unpaired) electrons. The van der Waals surface area contributed by atoms with Crippen LogP contribution in [0.25, 0.3) is 106 Å². The summed E-state index contributed by atoms with van der Waals surface area (Å²) >= 11 is 0. The van der Waals surface area contributed by atoms with Crippen LogP contribution in [0, 0.1) is 0 Å². The monoisotopic (exact) mass is 660 g/mol. The lowest BCUT2D eigenvalue weighted by Gasteiger charge is -2.08. The normalized spacial score (nSPS) is 13.6. The number of rotatable bonds is 4. The van der Waals surface area contributed by atoms with Crippen molar-refractivity contribution in [2.75, 3.05) is 0 Å². The first-order valence-corrected chi connectivity index (χ1v) is 16.4. The number of furan rings is 2. The zero-order chi connectivity index (χ0) is 38.7. The third-order valence-corrected chi connectivity index (χ3v) is 9.40. The smallest absolute Gasteiger partial charge is 0.164 e. The Morgan fingerprint density at radius 1 is 0.412 bits per heavy atom. The summed E-state index contributed by atoms with van der Waals surface area (Å²) in [5.41, 5.74) is 6.27. The van der Waals surface area contributed by atoms with E-state index in [9.17, 15) is 0 Å². The van der Waals surface area contributed by atoms with Crippen LogP contribution in [0.4, 0.5) is 0 Å². The molecule has 0 aliphatic carbocycles. The Balaban J connectivity index is 1.08. The van der Waals surface area contributed by atoms with Gasteiger partial charge in [0.25, 0.3) is 0 Å². The highest BCUT2D eigenvalue weighted by atomic mass is 16.3. The molecule has 0 spiro atoms. The maximum Gasteiger partial charge on any atom is 0.164 e. The number of benzene rings is 7. The zero-order valence-corrected chi connectivity index (χ0v) is 26.7. The van der Waals surface area contributed by atoms with Crippen molar-refractivity contribution >= 4 is 65.7 Å². The van der Waals surface area contributed by atoms with Gasteiger partial charge in [0, 0.05) is 54.7 Å². The summed E-state index contributed by atoms with van der Waals surface area (Å²) in [5, 5.41) is 4.05. The van der Waals surface area contributed by atoms with Gasteiger partial charge in [0.1, 0.15) is 22.3 Å². The molecule has 6 nitrogen and oxygen atoms in total. The van der Waals surface area contributed by atoms with Crippen molar-refractivity contribution in [2.24, 2.45) is 0 Å². The molecule has 11 rings (SSSR count). The van der Waals surface area contributed by atoms with Gasteiger partial charge in [0.05, 0.1) is 19.3 Å². The van der Waals surface area contributed by atoms with Gasteiger partial charge in [0.15, 0.2) is 17.5 Å². The van der Waals surface area contributed by atoms with Gasteiger partial charge in [-0.05, 0) is 60.6 Å². The highest BCUT2D eigenvalue weighted by Gasteiger charge is 2.18. The topological polar surface area (TPSA) is 69.9 Å². The van der Waals surface area contributed by atoms with E-state index in [4.69, 9.17) is 32.0 Å². The molecule has 0 fully saturated rings. The number of fused-ring (bicyclic) bond motifs is 9. The van der Waals surface area contributed by atoms with Crippen LogP contribution in [0.1, 0.15) is 8.22 Å². The molecule has 7 aromatic carbocycles. The molecule has 51 heavy (non-hydrogen) atoms. The van der Waals surface area contributed by atoms with E-state index in [2.05, 4.69) is 0 Å². The molecule has 0 aliphatic rings. The van der Waals surface area contributed by atoms with Crippen LogP contribution in [0.3, 0.4) is 0 Å². The largest absolute Gasteiger partial charge is 0.456 e. The Bertz CT molecular complexity index is 3430. The van der Waals surface area contributed by atoms with Crippen molar-refractivity contribution in [3.8, 4) is 39.9 Å². The fourth-order valence-corrected chi connectivity index (χ4v) is 7.03. The third-order valence-electron chi connectivity index (χ3n) is 9.40. The average molecular weight is 661 g/mol.